The number of nitrogens with zero attached hydrogens (tertiary/aromatic N) is 6. The van der Waals surface area contributed by atoms with Crippen LogP contribution in [-0.2, 0) is 15.2 Å². The minimum absolute atomic E-state index is 0.995. The van der Waals surface area contributed by atoms with Crippen molar-refractivity contribution in [1.29, 1.82) is 0 Å². The first-order chi connectivity index (χ1) is 9.57. The molecule has 3 aromatic rings. The number of hydrogen-bond acceptors (Lipinski definition) is 6. The van der Waals surface area contributed by atoms with Gasteiger partial charge >= 0.3 is 5.12 Å². The first kappa shape index (κ1) is 12.6. The molecule has 0 saturated carbocycles. The van der Waals surface area contributed by atoms with Gasteiger partial charge in [0.1, 0.15) is 0 Å². The van der Waals surface area contributed by atoms with Gasteiger partial charge in [-0.15, -0.1) is 0 Å². The van der Waals surface area contributed by atoms with E-state index in [-0.39, 0.29) is 0 Å². The minimum Gasteiger partial charge on any atom is -0.743 e. The standard InChI is InChI=1S/C10H10N6O3S/c17-20(18,19)10(14-7-1-4-11-14,15-8-2-5-12-15)16-9-3-6-13-16/h1-9H,(H,17,18,19)/p-1. The highest BCUT2D eigenvalue weighted by Gasteiger charge is 2.46. The summed E-state index contributed by atoms with van der Waals surface area (Å²) in [6, 6.07) is 4.52. The average Bonchev–Trinajstić information content (AvgIpc) is 3.13. The van der Waals surface area contributed by atoms with E-state index in [4.69, 9.17) is 0 Å². The Morgan fingerprint density at radius 2 is 1.15 bits per heavy atom. The van der Waals surface area contributed by atoms with Crippen LogP contribution in [0.15, 0.2) is 55.4 Å². The molecular weight excluding hydrogens is 284 g/mol. The molecule has 0 unspecified atom stereocenters. The van der Waals surface area contributed by atoms with Crippen molar-refractivity contribution >= 4 is 10.1 Å². The van der Waals surface area contributed by atoms with E-state index < -0.39 is 15.2 Å². The second kappa shape index (κ2) is 4.28. The molecule has 0 spiro atoms. The lowest BCUT2D eigenvalue weighted by Crippen LogP contribution is -2.55. The summed E-state index contributed by atoms with van der Waals surface area (Å²) in [6.07, 6.45) is 8.18. The Balaban J connectivity index is 2.43. The molecule has 0 aromatic carbocycles. The molecule has 0 aliphatic carbocycles. The maximum Gasteiger partial charge on any atom is 0.343 e. The van der Waals surface area contributed by atoms with Crippen molar-refractivity contribution in [3.63, 3.8) is 0 Å². The predicted octanol–water partition coefficient (Wildman–Crippen LogP) is -0.514. The van der Waals surface area contributed by atoms with Crippen LogP contribution in [0.5, 0.6) is 0 Å². The summed E-state index contributed by atoms with van der Waals surface area (Å²) in [4.78, 5) is 0. The van der Waals surface area contributed by atoms with E-state index in [0.717, 1.165) is 14.0 Å². The lowest BCUT2D eigenvalue weighted by atomic mass is 10.6. The normalized spacial score (nSPS) is 12.7. The molecule has 3 rings (SSSR count). The summed E-state index contributed by atoms with van der Waals surface area (Å²) in [5.74, 6) is 0. The molecular formula is C10H9N6O3S-. The summed E-state index contributed by atoms with van der Waals surface area (Å²) in [7, 11) is -4.94. The maximum atomic E-state index is 12.0. The van der Waals surface area contributed by atoms with Gasteiger partial charge in [-0.2, -0.15) is 15.3 Å². The molecule has 0 saturated heterocycles. The highest BCUT2D eigenvalue weighted by molar-refractivity contribution is 7.86. The van der Waals surface area contributed by atoms with E-state index in [1.165, 1.54) is 55.4 Å². The van der Waals surface area contributed by atoms with Crippen molar-refractivity contribution in [2.24, 2.45) is 0 Å². The first-order valence-corrected chi connectivity index (χ1v) is 6.93. The SMILES string of the molecule is O=S(=O)([O-])C(n1cccn1)(n1cccn1)n1cccn1. The summed E-state index contributed by atoms with van der Waals surface area (Å²) in [6.45, 7) is 0. The van der Waals surface area contributed by atoms with Crippen LogP contribution in [0, 0.1) is 0 Å². The van der Waals surface area contributed by atoms with E-state index in [2.05, 4.69) is 15.3 Å². The summed E-state index contributed by atoms with van der Waals surface area (Å²) in [5.41, 5.74) is 0. The van der Waals surface area contributed by atoms with E-state index >= 15 is 0 Å². The monoisotopic (exact) mass is 293 g/mol. The van der Waals surface area contributed by atoms with Gasteiger partial charge in [0, 0.05) is 37.2 Å². The molecule has 0 aliphatic rings. The molecule has 3 heterocycles. The molecule has 3 aromatic heterocycles. The molecule has 9 nitrogen and oxygen atoms in total. The molecule has 104 valence electrons. The Bertz CT molecular complexity index is 692. The van der Waals surface area contributed by atoms with Crippen LogP contribution in [0.2, 0.25) is 0 Å². The molecule has 20 heavy (non-hydrogen) atoms. The Hall–Kier alpha value is -2.46. The van der Waals surface area contributed by atoms with Crippen LogP contribution in [0.3, 0.4) is 0 Å². The number of hydrogen-bond donors (Lipinski definition) is 0. The molecule has 0 fully saturated rings. The van der Waals surface area contributed by atoms with Crippen molar-refractivity contribution in [3.05, 3.63) is 55.4 Å². The van der Waals surface area contributed by atoms with Crippen molar-refractivity contribution in [3.8, 4) is 0 Å². The lowest BCUT2D eigenvalue weighted by Gasteiger charge is -2.36. The van der Waals surface area contributed by atoms with Gasteiger partial charge in [-0.25, -0.2) is 22.5 Å². The highest BCUT2D eigenvalue weighted by Crippen LogP contribution is 2.25. The molecule has 0 atom stereocenters. The molecule has 0 amide bonds. The largest absolute Gasteiger partial charge is 0.743 e. The topological polar surface area (TPSA) is 111 Å². The Morgan fingerprint density at radius 1 is 0.800 bits per heavy atom. The predicted molar refractivity (Wildman–Crippen MR) is 65.1 cm³/mol. The van der Waals surface area contributed by atoms with Crippen molar-refractivity contribution in [1.82, 2.24) is 29.3 Å². The van der Waals surface area contributed by atoms with Gasteiger partial charge < -0.3 is 4.55 Å². The molecule has 0 aliphatic heterocycles. The molecule has 0 N–H and O–H groups in total. The minimum atomic E-state index is -4.94. The third-order valence-electron chi connectivity index (χ3n) is 2.74. The fourth-order valence-electron chi connectivity index (χ4n) is 1.98. The highest BCUT2D eigenvalue weighted by atomic mass is 32.2. The number of aromatic nitrogens is 6. The van der Waals surface area contributed by atoms with Gasteiger partial charge in [-0.1, -0.05) is 0 Å². The van der Waals surface area contributed by atoms with Crippen LogP contribution in [0.1, 0.15) is 0 Å². The van der Waals surface area contributed by atoms with E-state index in [0.29, 0.717) is 0 Å². The molecule has 0 radical (unpaired) electrons. The molecule has 10 heteroatoms. The maximum absolute atomic E-state index is 12.0. The Labute approximate surface area is 113 Å². The summed E-state index contributed by atoms with van der Waals surface area (Å²) >= 11 is 0. The van der Waals surface area contributed by atoms with Gasteiger partial charge in [0.15, 0.2) is 10.1 Å². The van der Waals surface area contributed by atoms with Gasteiger partial charge in [-0.05, 0) is 18.2 Å². The quantitative estimate of drug-likeness (QED) is 0.599. The smallest absolute Gasteiger partial charge is 0.343 e. The zero-order valence-electron chi connectivity index (χ0n) is 10.0. The van der Waals surface area contributed by atoms with Crippen LogP contribution in [0.25, 0.3) is 0 Å². The van der Waals surface area contributed by atoms with Crippen LogP contribution in [-0.4, -0.2) is 42.3 Å². The second-order valence-corrected chi connectivity index (χ2v) is 5.34. The van der Waals surface area contributed by atoms with Crippen molar-refractivity contribution < 1.29 is 13.0 Å². The summed E-state index contributed by atoms with van der Waals surface area (Å²) in [5, 5.41) is 9.39. The third-order valence-corrected chi connectivity index (χ3v) is 3.98. The first-order valence-electron chi connectivity index (χ1n) is 5.52. The third kappa shape index (κ3) is 1.58. The molecule has 0 bridgehead atoms. The van der Waals surface area contributed by atoms with Crippen LogP contribution < -0.4 is 0 Å². The van der Waals surface area contributed by atoms with Crippen molar-refractivity contribution in [2.45, 2.75) is 5.12 Å². The van der Waals surface area contributed by atoms with Crippen molar-refractivity contribution in [2.75, 3.05) is 0 Å². The van der Waals surface area contributed by atoms with Gasteiger partial charge in [0.2, 0.25) is 0 Å². The van der Waals surface area contributed by atoms with E-state index in [9.17, 15) is 13.0 Å². The summed E-state index contributed by atoms with van der Waals surface area (Å²) < 4.78 is 39.0. The fourth-order valence-corrected chi connectivity index (χ4v) is 2.99. The van der Waals surface area contributed by atoms with E-state index in [1.807, 2.05) is 0 Å². The van der Waals surface area contributed by atoms with Gasteiger partial charge in [-0.3, -0.25) is 0 Å². The zero-order valence-corrected chi connectivity index (χ0v) is 10.8. The van der Waals surface area contributed by atoms with Gasteiger partial charge in [0.05, 0.1) is 0 Å². The lowest BCUT2D eigenvalue weighted by molar-refractivity contribution is 0.196. The van der Waals surface area contributed by atoms with E-state index in [1.54, 1.807) is 0 Å². The fraction of sp³-hybridized carbons (Fsp3) is 0.100. The zero-order chi connectivity index (χ0) is 14.2. The van der Waals surface area contributed by atoms with Crippen LogP contribution >= 0.6 is 0 Å². The second-order valence-electron chi connectivity index (χ2n) is 3.88. The number of rotatable bonds is 4. The average molecular weight is 293 g/mol. The van der Waals surface area contributed by atoms with Crippen LogP contribution in [0.4, 0.5) is 0 Å². The van der Waals surface area contributed by atoms with Gasteiger partial charge in [0.25, 0.3) is 0 Å². The Kier molecular flexibility index (Phi) is 2.69. The Morgan fingerprint density at radius 3 is 1.35 bits per heavy atom.